The number of rotatable bonds is 3. The number of aliphatic hydroxyl groups excluding tert-OH is 1. The molecule has 21 heavy (non-hydrogen) atoms. The lowest BCUT2D eigenvalue weighted by Gasteiger charge is -2.22. The minimum absolute atomic E-state index is 0.368. The Kier molecular flexibility index (Phi) is 4.11. The lowest BCUT2D eigenvalue weighted by molar-refractivity contribution is 0.173. The first-order valence-corrected chi connectivity index (χ1v) is 7.51. The number of hydrogen-bond acceptors (Lipinski definition) is 3. The minimum atomic E-state index is -0.368. The van der Waals surface area contributed by atoms with E-state index in [0.717, 1.165) is 30.8 Å². The molecule has 1 aliphatic rings. The third-order valence-corrected chi connectivity index (χ3v) is 3.98. The molecule has 3 nitrogen and oxygen atoms in total. The van der Waals surface area contributed by atoms with Gasteiger partial charge in [-0.15, -0.1) is 0 Å². The maximum absolute atomic E-state index is 9.87. The SMILES string of the molecule is CC[C@@H](O)c1ccc(N2CCOc3ccccc3C2)cc1. The highest BCUT2D eigenvalue weighted by Crippen LogP contribution is 2.27. The quantitative estimate of drug-likeness (QED) is 0.935. The van der Waals surface area contributed by atoms with Gasteiger partial charge in [-0.2, -0.15) is 0 Å². The molecule has 1 N–H and O–H groups in total. The summed E-state index contributed by atoms with van der Waals surface area (Å²) < 4.78 is 5.80. The van der Waals surface area contributed by atoms with Crippen molar-refractivity contribution in [1.82, 2.24) is 0 Å². The largest absolute Gasteiger partial charge is 0.491 e. The zero-order chi connectivity index (χ0) is 14.7. The summed E-state index contributed by atoms with van der Waals surface area (Å²) in [5.74, 6) is 0.984. The first kappa shape index (κ1) is 14.0. The number of aliphatic hydroxyl groups is 1. The molecule has 0 bridgehead atoms. The van der Waals surface area contributed by atoms with E-state index in [4.69, 9.17) is 4.74 Å². The van der Waals surface area contributed by atoms with Crippen molar-refractivity contribution in [1.29, 1.82) is 0 Å². The van der Waals surface area contributed by atoms with Crippen LogP contribution in [-0.4, -0.2) is 18.3 Å². The summed E-state index contributed by atoms with van der Waals surface area (Å²) in [4.78, 5) is 2.31. The Morgan fingerprint density at radius 3 is 2.67 bits per heavy atom. The lowest BCUT2D eigenvalue weighted by Crippen LogP contribution is -2.25. The fourth-order valence-corrected chi connectivity index (χ4v) is 2.69. The molecule has 0 amide bonds. The number of benzene rings is 2. The molecule has 3 heteroatoms. The maximum atomic E-state index is 9.87. The summed E-state index contributed by atoms with van der Waals surface area (Å²) in [7, 11) is 0. The van der Waals surface area contributed by atoms with E-state index >= 15 is 0 Å². The van der Waals surface area contributed by atoms with Gasteiger partial charge in [-0.25, -0.2) is 0 Å². The highest BCUT2D eigenvalue weighted by Gasteiger charge is 2.15. The van der Waals surface area contributed by atoms with Crippen LogP contribution >= 0.6 is 0 Å². The topological polar surface area (TPSA) is 32.7 Å². The van der Waals surface area contributed by atoms with Crippen LogP contribution in [0.5, 0.6) is 5.75 Å². The van der Waals surface area contributed by atoms with E-state index in [0.29, 0.717) is 6.61 Å². The van der Waals surface area contributed by atoms with Gasteiger partial charge in [0.2, 0.25) is 0 Å². The summed E-state index contributed by atoms with van der Waals surface area (Å²) in [5.41, 5.74) is 3.36. The van der Waals surface area contributed by atoms with Crippen molar-refractivity contribution in [2.45, 2.75) is 26.0 Å². The smallest absolute Gasteiger partial charge is 0.124 e. The third kappa shape index (κ3) is 3.03. The molecule has 110 valence electrons. The van der Waals surface area contributed by atoms with Crippen molar-refractivity contribution in [3.05, 3.63) is 59.7 Å². The molecule has 1 heterocycles. The summed E-state index contributed by atoms with van der Waals surface area (Å²) in [5, 5.41) is 9.87. The average Bonchev–Trinajstić information content (AvgIpc) is 2.76. The Bertz CT molecular complexity index is 594. The van der Waals surface area contributed by atoms with Crippen LogP contribution in [-0.2, 0) is 6.54 Å². The van der Waals surface area contributed by atoms with Crippen molar-refractivity contribution in [3.8, 4) is 5.75 Å². The molecule has 1 aliphatic heterocycles. The van der Waals surface area contributed by atoms with Crippen LogP contribution in [0.1, 0.15) is 30.6 Å². The molecule has 0 saturated heterocycles. The van der Waals surface area contributed by atoms with Crippen LogP contribution in [0, 0.1) is 0 Å². The predicted octanol–water partition coefficient (Wildman–Crippen LogP) is 3.53. The van der Waals surface area contributed by atoms with Crippen molar-refractivity contribution in [2.24, 2.45) is 0 Å². The number of anilines is 1. The zero-order valence-electron chi connectivity index (χ0n) is 12.3. The standard InChI is InChI=1S/C18H21NO2/c1-2-17(20)14-7-9-16(10-8-14)19-11-12-21-18-6-4-3-5-15(18)13-19/h3-10,17,20H,2,11-13H2,1H3/t17-/m1/s1. The molecule has 0 aromatic heterocycles. The Balaban J connectivity index is 1.81. The van der Waals surface area contributed by atoms with E-state index in [1.165, 1.54) is 11.3 Å². The first-order valence-electron chi connectivity index (χ1n) is 7.51. The highest BCUT2D eigenvalue weighted by molar-refractivity contribution is 5.50. The van der Waals surface area contributed by atoms with Gasteiger partial charge in [0.25, 0.3) is 0 Å². The van der Waals surface area contributed by atoms with E-state index in [-0.39, 0.29) is 6.10 Å². The number of fused-ring (bicyclic) bond motifs is 1. The highest BCUT2D eigenvalue weighted by atomic mass is 16.5. The minimum Gasteiger partial charge on any atom is -0.491 e. The molecule has 0 unspecified atom stereocenters. The average molecular weight is 283 g/mol. The van der Waals surface area contributed by atoms with Gasteiger partial charge in [-0.1, -0.05) is 37.3 Å². The van der Waals surface area contributed by atoms with Crippen LogP contribution in [0.15, 0.2) is 48.5 Å². The van der Waals surface area contributed by atoms with Crippen molar-refractivity contribution in [2.75, 3.05) is 18.1 Å². The Morgan fingerprint density at radius 1 is 1.14 bits per heavy atom. The number of nitrogens with zero attached hydrogens (tertiary/aromatic N) is 1. The molecule has 0 aliphatic carbocycles. The van der Waals surface area contributed by atoms with Gasteiger partial charge in [0.05, 0.1) is 12.6 Å². The fraction of sp³-hybridized carbons (Fsp3) is 0.333. The van der Waals surface area contributed by atoms with Gasteiger partial charge in [0, 0.05) is 17.8 Å². The van der Waals surface area contributed by atoms with E-state index in [9.17, 15) is 5.11 Å². The van der Waals surface area contributed by atoms with Crippen LogP contribution in [0.3, 0.4) is 0 Å². The molecule has 0 fully saturated rings. The molecule has 0 radical (unpaired) electrons. The second-order valence-electron chi connectivity index (χ2n) is 5.39. The lowest BCUT2D eigenvalue weighted by atomic mass is 10.1. The van der Waals surface area contributed by atoms with Gasteiger partial charge >= 0.3 is 0 Å². The fourth-order valence-electron chi connectivity index (χ4n) is 2.69. The van der Waals surface area contributed by atoms with Crippen molar-refractivity contribution >= 4 is 5.69 Å². The van der Waals surface area contributed by atoms with E-state index in [1.54, 1.807) is 0 Å². The number of hydrogen-bond donors (Lipinski definition) is 1. The molecular formula is C18H21NO2. The Hall–Kier alpha value is -2.00. The Morgan fingerprint density at radius 2 is 1.90 bits per heavy atom. The number of ether oxygens (including phenoxy) is 1. The van der Waals surface area contributed by atoms with Gasteiger partial charge in [0.15, 0.2) is 0 Å². The number of para-hydroxylation sites is 1. The van der Waals surface area contributed by atoms with E-state index in [2.05, 4.69) is 23.1 Å². The molecule has 0 spiro atoms. The van der Waals surface area contributed by atoms with Gasteiger partial charge in [0.1, 0.15) is 12.4 Å². The van der Waals surface area contributed by atoms with Gasteiger partial charge < -0.3 is 14.7 Å². The van der Waals surface area contributed by atoms with Crippen molar-refractivity contribution < 1.29 is 9.84 Å². The van der Waals surface area contributed by atoms with Gasteiger partial charge in [-0.3, -0.25) is 0 Å². The first-order chi connectivity index (χ1) is 10.3. The molecule has 0 saturated carbocycles. The monoisotopic (exact) mass is 283 g/mol. The van der Waals surface area contributed by atoms with Crippen LogP contribution in [0.4, 0.5) is 5.69 Å². The van der Waals surface area contributed by atoms with Gasteiger partial charge in [-0.05, 0) is 30.2 Å². The normalized spacial score (nSPS) is 15.8. The molecule has 1 atom stereocenters. The van der Waals surface area contributed by atoms with E-state index < -0.39 is 0 Å². The summed E-state index contributed by atoms with van der Waals surface area (Å²) in [6.45, 7) is 4.40. The van der Waals surface area contributed by atoms with E-state index in [1.807, 2.05) is 37.3 Å². The van der Waals surface area contributed by atoms with Crippen LogP contribution in [0.2, 0.25) is 0 Å². The summed E-state index contributed by atoms with van der Waals surface area (Å²) >= 11 is 0. The van der Waals surface area contributed by atoms with Crippen LogP contribution in [0.25, 0.3) is 0 Å². The summed E-state index contributed by atoms with van der Waals surface area (Å²) in [6.07, 6.45) is 0.372. The van der Waals surface area contributed by atoms with Crippen LogP contribution < -0.4 is 9.64 Å². The second kappa shape index (κ2) is 6.19. The summed E-state index contributed by atoms with van der Waals surface area (Å²) in [6, 6.07) is 16.4. The van der Waals surface area contributed by atoms with Crippen molar-refractivity contribution in [3.63, 3.8) is 0 Å². The molecule has 2 aromatic carbocycles. The third-order valence-electron chi connectivity index (χ3n) is 3.98. The predicted molar refractivity (Wildman–Crippen MR) is 84.7 cm³/mol. The zero-order valence-corrected chi connectivity index (χ0v) is 12.3. The maximum Gasteiger partial charge on any atom is 0.124 e. The Labute approximate surface area is 125 Å². The molecular weight excluding hydrogens is 262 g/mol. The molecule has 2 aromatic rings. The molecule has 3 rings (SSSR count). The second-order valence-corrected chi connectivity index (χ2v) is 5.39.